The molecule has 5 heteroatoms. The Bertz CT molecular complexity index is 578. The van der Waals surface area contributed by atoms with E-state index in [4.69, 9.17) is 0 Å². The van der Waals surface area contributed by atoms with Crippen LogP contribution in [0.15, 0.2) is 18.2 Å². The molecule has 0 saturated heterocycles. The van der Waals surface area contributed by atoms with Crippen LogP contribution in [0.4, 0.5) is 0 Å². The van der Waals surface area contributed by atoms with E-state index < -0.39 is 9.84 Å². The van der Waals surface area contributed by atoms with Crippen LogP contribution < -0.4 is 5.32 Å². The Kier molecular flexibility index (Phi) is 4.37. The summed E-state index contributed by atoms with van der Waals surface area (Å²) in [5.74, 6) is -0.0584. The van der Waals surface area contributed by atoms with Crippen molar-refractivity contribution in [1.29, 1.82) is 0 Å². The van der Waals surface area contributed by atoms with Crippen LogP contribution in [0.25, 0.3) is 0 Å². The highest BCUT2D eigenvalue weighted by molar-refractivity contribution is 7.91. The Morgan fingerprint density at radius 1 is 1.32 bits per heavy atom. The minimum atomic E-state index is -3.07. The second-order valence-corrected chi connectivity index (χ2v) is 7.29. The van der Waals surface area contributed by atoms with Gasteiger partial charge >= 0.3 is 0 Å². The molecule has 0 saturated carbocycles. The normalized spacial score (nSPS) is 15.0. The van der Waals surface area contributed by atoms with E-state index in [2.05, 4.69) is 5.32 Å². The summed E-state index contributed by atoms with van der Waals surface area (Å²) < 4.78 is 22.8. The molecular formula is C14H19NO3S. The first-order chi connectivity index (χ1) is 9.02. The van der Waals surface area contributed by atoms with Gasteiger partial charge in [-0.1, -0.05) is 19.1 Å². The summed E-state index contributed by atoms with van der Waals surface area (Å²) in [6.45, 7) is 3.35. The van der Waals surface area contributed by atoms with Gasteiger partial charge in [-0.2, -0.15) is 0 Å². The first kappa shape index (κ1) is 14.2. The average Bonchev–Trinajstić information content (AvgIpc) is 2.44. The number of hydrogen-bond donors (Lipinski definition) is 1. The minimum absolute atomic E-state index is 0.0579. The van der Waals surface area contributed by atoms with Crippen molar-refractivity contribution in [2.75, 3.05) is 18.1 Å². The molecule has 0 aromatic heterocycles. The molecule has 1 aliphatic heterocycles. The number of ketones is 1. The predicted molar refractivity (Wildman–Crippen MR) is 75.1 cm³/mol. The van der Waals surface area contributed by atoms with Crippen LogP contribution in [0.5, 0.6) is 0 Å². The zero-order valence-corrected chi connectivity index (χ0v) is 11.9. The molecule has 0 fully saturated rings. The number of Topliss-reactive ketones (excluding diaryl/α,β-unsaturated/α-hetero) is 1. The fraction of sp³-hybridized carbons (Fsp3) is 0.500. The summed E-state index contributed by atoms with van der Waals surface area (Å²) >= 11 is 0. The molecule has 1 aliphatic rings. The van der Waals surface area contributed by atoms with Crippen molar-refractivity contribution >= 4 is 15.6 Å². The molecular weight excluding hydrogens is 262 g/mol. The van der Waals surface area contributed by atoms with Crippen molar-refractivity contribution in [1.82, 2.24) is 5.32 Å². The van der Waals surface area contributed by atoms with Gasteiger partial charge in [-0.3, -0.25) is 4.79 Å². The maximum absolute atomic E-state index is 12.0. The molecule has 0 aliphatic carbocycles. The Morgan fingerprint density at radius 2 is 2.11 bits per heavy atom. The second-order valence-electron chi connectivity index (χ2n) is 4.82. The Hall–Kier alpha value is -1.20. The lowest BCUT2D eigenvalue weighted by Crippen LogP contribution is -2.24. The summed E-state index contributed by atoms with van der Waals surface area (Å²) in [6.07, 6.45) is 1.05. The molecule has 104 valence electrons. The number of hydrogen-bond acceptors (Lipinski definition) is 4. The van der Waals surface area contributed by atoms with Crippen molar-refractivity contribution in [3.63, 3.8) is 0 Å². The second kappa shape index (κ2) is 5.84. The molecule has 0 atom stereocenters. The van der Waals surface area contributed by atoms with Gasteiger partial charge in [0.25, 0.3) is 0 Å². The highest BCUT2D eigenvalue weighted by Crippen LogP contribution is 2.17. The molecule has 0 unspecified atom stereocenters. The molecule has 0 spiro atoms. The quantitative estimate of drug-likeness (QED) is 0.827. The Labute approximate surface area is 114 Å². The number of rotatable bonds is 5. The summed E-state index contributed by atoms with van der Waals surface area (Å²) in [4.78, 5) is 12.0. The topological polar surface area (TPSA) is 63.2 Å². The van der Waals surface area contributed by atoms with E-state index >= 15 is 0 Å². The maximum Gasteiger partial charge on any atom is 0.163 e. The third-order valence-electron chi connectivity index (χ3n) is 3.49. The molecule has 4 nitrogen and oxygen atoms in total. The van der Waals surface area contributed by atoms with E-state index in [9.17, 15) is 13.2 Å². The fourth-order valence-electron chi connectivity index (χ4n) is 2.19. The lowest BCUT2D eigenvalue weighted by atomic mass is 9.96. The van der Waals surface area contributed by atoms with Gasteiger partial charge in [-0.15, -0.1) is 0 Å². The highest BCUT2D eigenvalue weighted by atomic mass is 32.2. The highest BCUT2D eigenvalue weighted by Gasteiger charge is 2.15. The number of benzene rings is 1. The number of sulfone groups is 1. The SMILES string of the molecule is CCS(=O)(=O)CCC(=O)c1ccc2c(c1)CNCC2. The van der Waals surface area contributed by atoms with Crippen LogP contribution in [0.2, 0.25) is 0 Å². The predicted octanol–water partition coefficient (Wildman–Crippen LogP) is 1.34. The van der Waals surface area contributed by atoms with Crippen molar-refractivity contribution in [2.45, 2.75) is 26.3 Å². The van der Waals surface area contributed by atoms with Crippen LogP contribution in [0.3, 0.4) is 0 Å². The number of carbonyl (C=O) groups excluding carboxylic acids is 1. The van der Waals surface area contributed by atoms with Crippen LogP contribution >= 0.6 is 0 Å². The zero-order chi connectivity index (χ0) is 13.9. The molecule has 1 N–H and O–H groups in total. The summed E-state index contributed by atoms with van der Waals surface area (Å²) in [5, 5.41) is 3.27. The Balaban J connectivity index is 2.07. The molecule has 1 heterocycles. The smallest absolute Gasteiger partial charge is 0.163 e. The van der Waals surface area contributed by atoms with Gasteiger partial charge in [0.2, 0.25) is 0 Å². The fourth-order valence-corrected chi connectivity index (χ4v) is 2.98. The number of carbonyl (C=O) groups is 1. The van der Waals surface area contributed by atoms with E-state index in [0.717, 1.165) is 25.1 Å². The van der Waals surface area contributed by atoms with Gasteiger partial charge in [-0.25, -0.2) is 8.42 Å². The van der Waals surface area contributed by atoms with Crippen LogP contribution in [-0.2, 0) is 22.8 Å². The van der Waals surface area contributed by atoms with Crippen molar-refractivity contribution < 1.29 is 13.2 Å². The van der Waals surface area contributed by atoms with E-state index in [1.165, 1.54) is 5.56 Å². The molecule has 0 radical (unpaired) electrons. The zero-order valence-electron chi connectivity index (χ0n) is 11.1. The minimum Gasteiger partial charge on any atom is -0.312 e. The van der Waals surface area contributed by atoms with Gasteiger partial charge in [0, 0.05) is 24.3 Å². The lowest BCUT2D eigenvalue weighted by molar-refractivity contribution is 0.0988. The first-order valence-electron chi connectivity index (χ1n) is 6.58. The standard InChI is InChI=1S/C14H19NO3S/c1-2-19(17,18)8-6-14(16)12-4-3-11-5-7-15-10-13(11)9-12/h3-4,9,15H,2,5-8,10H2,1H3. The molecule has 0 amide bonds. The van der Waals surface area contributed by atoms with E-state index in [1.807, 2.05) is 18.2 Å². The van der Waals surface area contributed by atoms with E-state index in [0.29, 0.717) is 5.56 Å². The van der Waals surface area contributed by atoms with Crippen LogP contribution in [0, 0.1) is 0 Å². The largest absolute Gasteiger partial charge is 0.312 e. The number of nitrogens with one attached hydrogen (secondary N) is 1. The van der Waals surface area contributed by atoms with Crippen molar-refractivity contribution in [3.8, 4) is 0 Å². The molecule has 0 bridgehead atoms. The van der Waals surface area contributed by atoms with Crippen LogP contribution in [0.1, 0.15) is 34.8 Å². The number of fused-ring (bicyclic) bond motifs is 1. The monoisotopic (exact) mass is 281 g/mol. The lowest BCUT2D eigenvalue weighted by Gasteiger charge is -2.17. The summed E-state index contributed by atoms with van der Waals surface area (Å²) in [5.41, 5.74) is 3.04. The third-order valence-corrected chi connectivity index (χ3v) is 5.20. The van der Waals surface area contributed by atoms with Gasteiger partial charge < -0.3 is 5.32 Å². The van der Waals surface area contributed by atoms with Crippen LogP contribution in [-0.4, -0.2) is 32.3 Å². The summed E-state index contributed by atoms with van der Waals surface area (Å²) in [6, 6.07) is 5.69. The maximum atomic E-state index is 12.0. The molecule has 2 rings (SSSR count). The van der Waals surface area contributed by atoms with Crippen molar-refractivity contribution in [3.05, 3.63) is 34.9 Å². The third kappa shape index (κ3) is 3.64. The first-order valence-corrected chi connectivity index (χ1v) is 8.40. The molecule has 1 aromatic rings. The van der Waals surface area contributed by atoms with Gasteiger partial charge in [0.05, 0.1) is 5.75 Å². The van der Waals surface area contributed by atoms with Crippen molar-refractivity contribution in [2.24, 2.45) is 0 Å². The van der Waals surface area contributed by atoms with E-state index in [1.54, 1.807) is 6.92 Å². The van der Waals surface area contributed by atoms with Gasteiger partial charge in [0.15, 0.2) is 5.78 Å². The van der Waals surface area contributed by atoms with E-state index in [-0.39, 0.29) is 23.7 Å². The average molecular weight is 281 g/mol. The molecule has 19 heavy (non-hydrogen) atoms. The Morgan fingerprint density at radius 3 is 2.84 bits per heavy atom. The van der Waals surface area contributed by atoms with Gasteiger partial charge in [-0.05, 0) is 30.2 Å². The summed E-state index contributed by atoms with van der Waals surface area (Å²) in [7, 11) is -3.07. The molecule has 1 aromatic carbocycles. The van der Waals surface area contributed by atoms with Gasteiger partial charge in [0.1, 0.15) is 9.84 Å².